The summed E-state index contributed by atoms with van der Waals surface area (Å²) < 4.78 is 0. The van der Waals surface area contributed by atoms with Gasteiger partial charge < -0.3 is 10.2 Å². The van der Waals surface area contributed by atoms with Gasteiger partial charge in [-0.2, -0.15) is 0 Å². The molecule has 1 aromatic carbocycles. The number of benzene rings is 1. The van der Waals surface area contributed by atoms with E-state index in [2.05, 4.69) is 10.2 Å². The quantitative estimate of drug-likeness (QED) is 0.688. The first kappa shape index (κ1) is 14.6. The predicted molar refractivity (Wildman–Crippen MR) is 84.1 cm³/mol. The van der Waals surface area contributed by atoms with E-state index in [1.54, 1.807) is 12.1 Å². The highest BCUT2D eigenvalue weighted by atomic mass is 35.5. The minimum absolute atomic E-state index is 0.152. The Labute approximate surface area is 129 Å². The summed E-state index contributed by atoms with van der Waals surface area (Å²) >= 11 is 6.04. The lowest BCUT2D eigenvalue weighted by atomic mass is 9.89. The lowest BCUT2D eigenvalue weighted by Crippen LogP contribution is -2.43. The molecular formula is C15H20ClN3O2. The fraction of sp³-hybridized carbons (Fsp3) is 0.600. The van der Waals surface area contributed by atoms with E-state index in [-0.39, 0.29) is 10.6 Å². The largest absolute Gasteiger partial charge is 0.366 e. The van der Waals surface area contributed by atoms with Gasteiger partial charge in [0, 0.05) is 30.2 Å². The van der Waals surface area contributed by atoms with Gasteiger partial charge in [0.25, 0.3) is 5.69 Å². The van der Waals surface area contributed by atoms with Crippen LogP contribution in [0.15, 0.2) is 18.2 Å². The zero-order valence-electron chi connectivity index (χ0n) is 11.9. The third-order valence-electron chi connectivity index (χ3n) is 4.60. The van der Waals surface area contributed by atoms with Gasteiger partial charge >= 0.3 is 0 Å². The molecule has 2 atom stereocenters. The third kappa shape index (κ3) is 3.14. The number of nitrogens with one attached hydrogen (secondary N) is 1. The summed E-state index contributed by atoms with van der Waals surface area (Å²) in [6, 6.07) is 5.38. The molecule has 0 spiro atoms. The molecule has 0 saturated carbocycles. The highest BCUT2D eigenvalue weighted by molar-refractivity contribution is 6.31. The number of rotatable bonds is 3. The maximum Gasteiger partial charge on any atom is 0.292 e. The van der Waals surface area contributed by atoms with Crippen LogP contribution in [0.4, 0.5) is 11.4 Å². The summed E-state index contributed by atoms with van der Waals surface area (Å²) in [7, 11) is 0. The second kappa shape index (κ2) is 6.20. The Balaban J connectivity index is 1.82. The van der Waals surface area contributed by atoms with Crippen molar-refractivity contribution in [3.8, 4) is 0 Å². The van der Waals surface area contributed by atoms with E-state index >= 15 is 0 Å². The van der Waals surface area contributed by atoms with E-state index in [1.807, 2.05) is 0 Å². The normalized spacial score (nSPS) is 26.0. The van der Waals surface area contributed by atoms with Crippen LogP contribution in [0.3, 0.4) is 0 Å². The molecule has 3 rings (SSSR count). The smallest absolute Gasteiger partial charge is 0.292 e. The lowest BCUT2D eigenvalue weighted by Gasteiger charge is -2.37. The molecule has 0 amide bonds. The van der Waals surface area contributed by atoms with E-state index in [4.69, 9.17) is 11.6 Å². The van der Waals surface area contributed by atoms with Crippen molar-refractivity contribution in [2.45, 2.75) is 31.7 Å². The van der Waals surface area contributed by atoms with Crippen molar-refractivity contribution >= 4 is 23.0 Å². The maximum atomic E-state index is 11.2. The van der Waals surface area contributed by atoms with Crippen LogP contribution in [0.5, 0.6) is 0 Å². The maximum absolute atomic E-state index is 11.2. The number of anilines is 1. The van der Waals surface area contributed by atoms with Crippen molar-refractivity contribution in [2.75, 3.05) is 24.5 Å². The van der Waals surface area contributed by atoms with E-state index < -0.39 is 0 Å². The van der Waals surface area contributed by atoms with Crippen molar-refractivity contribution in [3.63, 3.8) is 0 Å². The van der Waals surface area contributed by atoms with Crippen LogP contribution in [0.1, 0.15) is 25.7 Å². The Morgan fingerprint density at radius 1 is 1.33 bits per heavy atom. The second-order valence-electron chi connectivity index (χ2n) is 5.94. The minimum atomic E-state index is -0.316. The van der Waals surface area contributed by atoms with Crippen LogP contribution in [-0.4, -0.2) is 30.6 Å². The molecular weight excluding hydrogens is 290 g/mol. The number of hydrogen-bond acceptors (Lipinski definition) is 4. The Morgan fingerprint density at radius 3 is 2.90 bits per heavy atom. The zero-order chi connectivity index (χ0) is 14.8. The van der Waals surface area contributed by atoms with Crippen LogP contribution < -0.4 is 10.2 Å². The van der Waals surface area contributed by atoms with Gasteiger partial charge in [0.05, 0.1) is 4.92 Å². The van der Waals surface area contributed by atoms with Gasteiger partial charge in [-0.1, -0.05) is 11.6 Å². The van der Waals surface area contributed by atoms with Crippen molar-refractivity contribution in [3.05, 3.63) is 33.3 Å². The van der Waals surface area contributed by atoms with Crippen LogP contribution in [0.2, 0.25) is 5.02 Å². The first-order valence-corrected chi connectivity index (χ1v) is 7.95. The average Bonchev–Trinajstić information content (AvgIpc) is 3.01. The molecule has 1 N–H and O–H groups in total. The number of nitro benzene ring substituents is 1. The van der Waals surface area contributed by atoms with Gasteiger partial charge in [0.2, 0.25) is 0 Å². The molecule has 0 radical (unpaired) electrons. The monoisotopic (exact) mass is 309 g/mol. The highest BCUT2D eigenvalue weighted by Crippen LogP contribution is 2.35. The van der Waals surface area contributed by atoms with Gasteiger partial charge in [-0.25, -0.2) is 0 Å². The molecule has 21 heavy (non-hydrogen) atoms. The van der Waals surface area contributed by atoms with Crippen LogP contribution in [-0.2, 0) is 0 Å². The van der Waals surface area contributed by atoms with Gasteiger partial charge in [-0.05, 0) is 50.3 Å². The summed E-state index contributed by atoms with van der Waals surface area (Å²) in [6.07, 6.45) is 4.73. The number of nitrogens with zero attached hydrogens (tertiary/aromatic N) is 2. The summed E-state index contributed by atoms with van der Waals surface area (Å²) in [5, 5.41) is 15.3. The van der Waals surface area contributed by atoms with Crippen molar-refractivity contribution < 1.29 is 4.92 Å². The van der Waals surface area contributed by atoms with E-state index in [1.165, 1.54) is 25.3 Å². The fourth-order valence-corrected chi connectivity index (χ4v) is 3.74. The predicted octanol–water partition coefficient (Wildman–Crippen LogP) is 3.22. The van der Waals surface area contributed by atoms with E-state index in [0.29, 0.717) is 22.7 Å². The first-order chi connectivity index (χ1) is 10.1. The van der Waals surface area contributed by atoms with Crippen molar-refractivity contribution in [1.29, 1.82) is 0 Å². The van der Waals surface area contributed by atoms with Crippen LogP contribution in [0, 0.1) is 16.0 Å². The Kier molecular flexibility index (Phi) is 4.31. The molecule has 2 unspecified atom stereocenters. The van der Waals surface area contributed by atoms with Gasteiger partial charge in [0.1, 0.15) is 5.69 Å². The minimum Gasteiger partial charge on any atom is -0.366 e. The van der Waals surface area contributed by atoms with Gasteiger partial charge in [-0.3, -0.25) is 10.1 Å². The molecule has 1 aromatic rings. The van der Waals surface area contributed by atoms with Crippen molar-refractivity contribution in [2.24, 2.45) is 5.92 Å². The molecule has 0 aromatic heterocycles. The fourth-order valence-electron chi connectivity index (χ4n) is 3.58. The topological polar surface area (TPSA) is 58.4 Å². The van der Waals surface area contributed by atoms with Gasteiger partial charge in [-0.15, -0.1) is 0 Å². The molecule has 2 heterocycles. The third-order valence-corrected chi connectivity index (χ3v) is 4.84. The standard InChI is InChI=1S/C15H20ClN3O2/c16-12-5-6-14(19(20)21)15(9-12)18-8-2-3-11(10-18)13-4-1-7-17-13/h5-6,9,11,13,17H,1-4,7-8,10H2. The summed E-state index contributed by atoms with van der Waals surface area (Å²) in [5.41, 5.74) is 0.814. The average molecular weight is 310 g/mol. The molecule has 2 aliphatic rings. The molecule has 2 fully saturated rings. The number of halogens is 1. The SMILES string of the molecule is O=[N+]([O-])c1ccc(Cl)cc1N1CCCC(C2CCCN2)C1. The molecule has 0 aliphatic carbocycles. The van der Waals surface area contributed by atoms with Crippen molar-refractivity contribution in [1.82, 2.24) is 5.32 Å². The Morgan fingerprint density at radius 2 is 2.19 bits per heavy atom. The summed E-state index contributed by atoms with van der Waals surface area (Å²) in [5.74, 6) is 0.569. The van der Waals surface area contributed by atoms with Gasteiger partial charge in [0.15, 0.2) is 0 Å². The van der Waals surface area contributed by atoms with Crippen LogP contribution in [0.25, 0.3) is 0 Å². The first-order valence-electron chi connectivity index (χ1n) is 7.57. The lowest BCUT2D eigenvalue weighted by molar-refractivity contribution is -0.384. The number of nitro groups is 1. The zero-order valence-corrected chi connectivity index (χ0v) is 12.7. The Hall–Kier alpha value is -1.33. The number of piperidine rings is 1. The number of hydrogen-bond donors (Lipinski definition) is 1. The van der Waals surface area contributed by atoms with E-state index in [0.717, 1.165) is 26.1 Å². The second-order valence-corrected chi connectivity index (χ2v) is 6.38. The highest BCUT2D eigenvalue weighted by Gasteiger charge is 2.31. The molecule has 6 heteroatoms. The Bertz CT molecular complexity index is 532. The summed E-state index contributed by atoms with van der Waals surface area (Å²) in [6.45, 7) is 2.84. The van der Waals surface area contributed by atoms with E-state index in [9.17, 15) is 10.1 Å². The van der Waals surface area contributed by atoms with Crippen LogP contribution >= 0.6 is 11.6 Å². The molecule has 2 saturated heterocycles. The molecule has 0 bridgehead atoms. The summed E-state index contributed by atoms with van der Waals surface area (Å²) in [4.78, 5) is 13.1. The molecule has 2 aliphatic heterocycles. The molecule has 114 valence electrons. The molecule has 5 nitrogen and oxygen atoms in total.